The third-order valence-corrected chi connectivity index (χ3v) is 5.58. The molecule has 31 heavy (non-hydrogen) atoms. The normalized spacial score (nSPS) is 12.0. The predicted molar refractivity (Wildman–Crippen MR) is 123 cm³/mol. The van der Waals surface area contributed by atoms with E-state index >= 15 is 0 Å². The number of hydrogen-bond donors (Lipinski definition) is 1. The second-order valence-electron chi connectivity index (χ2n) is 8.19. The first-order valence-corrected chi connectivity index (χ1v) is 10.5. The highest BCUT2D eigenvalue weighted by Crippen LogP contribution is 2.34. The molecular formula is C25H31N3O3. The van der Waals surface area contributed by atoms with E-state index in [1.807, 2.05) is 57.2 Å². The van der Waals surface area contributed by atoms with Crippen molar-refractivity contribution in [2.75, 3.05) is 14.2 Å². The van der Waals surface area contributed by atoms with Crippen LogP contribution in [0.2, 0.25) is 0 Å². The number of benzene rings is 2. The van der Waals surface area contributed by atoms with E-state index < -0.39 is 0 Å². The van der Waals surface area contributed by atoms with Crippen molar-refractivity contribution in [3.8, 4) is 28.4 Å². The lowest BCUT2D eigenvalue weighted by molar-refractivity contribution is 0.0922. The van der Waals surface area contributed by atoms with Crippen LogP contribution < -0.4 is 14.8 Å². The number of aromatic nitrogens is 2. The average molecular weight is 422 g/mol. The summed E-state index contributed by atoms with van der Waals surface area (Å²) in [5.41, 5.74) is 4.94. The van der Waals surface area contributed by atoms with Crippen molar-refractivity contribution in [2.24, 2.45) is 5.92 Å². The van der Waals surface area contributed by atoms with E-state index in [9.17, 15) is 4.79 Å². The van der Waals surface area contributed by atoms with Crippen molar-refractivity contribution in [3.63, 3.8) is 0 Å². The van der Waals surface area contributed by atoms with Gasteiger partial charge in [-0.1, -0.05) is 26.0 Å². The number of rotatable bonds is 7. The molecule has 0 radical (unpaired) electrons. The Bertz CT molecular complexity index is 1090. The first-order chi connectivity index (χ1) is 14.7. The minimum absolute atomic E-state index is 0.0356. The van der Waals surface area contributed by atoms with Crippen molar-refractivity contribution in [1.82, 2.24) is 15.1 Å². The summed E-state index contributed by atoms with van der Waals surface area (Å²) < 4.78 is 12.6. The quantitative estimate of drug-likeness (QED) is 0.586. The van der Waals surface area contributed by atoms with Gasteiger partial charge in [0, 0.05) is 17.7 Å². The molecule has 0 aliphatic rings. The van der Waals surface area contributed by atoms with E-state index in [1.54, 1.807) is 18.9 Å². The van der Waals surface area contributed by atoms with E-state index in [1.165, 1.54) is 0 Å². The second kappa shape index (κ2) is 9.25. The number of ether oxygens (including phenoxy) is 2. The molecule has 1 aromatic heterocycles. The summed E-state index contributed by atoms with van der Waals surface area (Å²) >= 11 is 0. The number of aryl methyl sites for hydroxylation is 2. The third kappa shape index (κ3) is 4.74. The van der Waals surface area contributed by atoms with Gasteiger partial charge in [0.1, 0.15) is 17.2 Å². The van der Waals surface area contributed by atoms with Gasteiger partial charge in [0.2, 0.25) is 0 Å². The number of methoxy groups -OCH3 is 2. The highest BCUT2D eigenvalue weighted by molar-refractivity contribution is 5.95. The van der Waals surface area contributed by atoms with Crippen molar-refractivity contribution >= 4 is 5.91 Å². The zero-order chi connectivity index (χ0) is 22.7. The molecule has 2 aromatic carbocycles. The number of carbonyl (C=O) groups is 1. The Hall–Kier alpha value is -3.28. The first-order valence-electron chi connectivity index (χ1n) is 10.5. The molecule has 0 bridgehead atoms. The fourth-order valence-electron chi connectivity index (χ4n) is 3.26. The van der Waals surface area contributed by atoms with Crippen LogP contribution >= 0.6 is 0 Å². The molecule has 164 valence electrons. The molecule has 6 nitrogen and oxygen atoms in total. The van der Waals surface area contributed by atoms with Gasteiger partial charge < -0.3 is 14.8 Å². The molecule has 0 fully saturated rings. The van der Waals surface area contributed by atoms with Crippen molar-refractivity contribution in [1.29, 1.82) is 0 Å². The Balaban J connectivity index is 2.17. The SMILES string of the molecule is COc1ccc(-c2cc(C(=O)NC(C)C(C)C)n(-c3cc(C)ccc3C)n2)c(OC)c1. The topological polar surface area (TPSA) is 65.4 Å². The standard InChI is InChI=1S/C25H31N3O3/c1-15(2)18(5)26-25(29)23-14-21(20-11-10-19(30-6)13-24(20)31-7)27-28(23)22-12-16(3)8-9-17(22)4/h8-15,18H,1-7H3,(H,26,29). The summed E-state index contributed by atoms with van der Waals surface area (Å²) in [6.45, 7) is 10.2. The lowest BCUT2D eigenvalue weighted by Crippen LogP contribution is -2.37. The zero-order valence-corrected chi connectivity index (χ0v) is 19.3. The summed E-state index contributed by atoms with van der Waals surface area (Å²) in [6, 6.07) is 13.5. The minimum atomic E-state index is -0.159. The summed E-state index contributed by atoms with van der Waals surface area (Å²) in [7, 11) is 3.22. The van der Waals surface area contributed by atoms with Crippen molar-refractivity contribution < 1.29 is 14.3 Å². The van der Waals surface area contributed by atoms with Crippen LogP contribution in [0.15, 0.2) is 42.5 Å². The maximum Gasteiger partial charge on any atom is 0.270 e. The van der Waals surface area contributed by atoms with Crippen LogP contribution in [0.25, 0.3) is 16.9 Å². The highest BCUT2D eigenvalue weighted by atomic mass is 16.5. The predicted octanol–water partition coefficient (Wildman–Crippen LogP) is 4.95. The van der Waals surface area contributed by atoms with Crippen LogP contribution in [-0.4, -0.2) is 35.9 Å². The summed E-state index contributed by atoms with van der Waals surface area (Å²) in [6.07, 6.45) is 0. The molecule has 0 aliphatic carbocycles. The van der Waals surface area contributed by atoms with Crippen LogP contribution in [0, 0.1) is 19.8 Å². The molecule has 0 saturated heterocycles. The van der Waals surface area contributed by atoms with Crippen LogP contribution in [0.3, 0.4) is 0 Å². The molecule has 1 atom stereocenters. The lowest BCUT2D eigenvalue weighted by Gasteiger charge is -2.18. The molecule has 1 N–H and O–H groups in total. The third-order valence-electron chi connectivity index (χ3n) is 5.58. The Morgan fingerprint density at radius 1 is 1.00 bits per heavy atom. The van der Waals surface area contributed by atoms with Gasteiger partial charge in [-0.15, -0.1) is 0 Å². The van der Waals surface area contributed by atoms with E-state index in [4.69, 9.17) is 14.6 Å². The fourth-order valence-corrected chi connectivity index (χ4v) is 3.26. The van der Waals surface area contributed by atoms with Gasteiger partial charge in [-0.25, -0.2) is 4.68 Å². The Morgan fingerprint density at radius 3 is 2.39 bits per heavy atom. The number of hydrogen-bond acceptors (Lipinski definition) is 4. The molecule has 6 heteroatoms. The van der Waals surface area contributed by atoms with Crippen molar-refractivity contribution in [2.45, 2.75) is 40.7 Å². The largest absolute Gasteiger partial charge is 0.497 e. The molecule has 0 aliphatic heterocycles. The zero-order valence-electron chi connectivity index (χ0n) is 19.3. The number of nitrogens with zero attached hydrogens (tertiary/aromatic N) is 2. The van der Waals surface area contributed by atoms with E-state index in [0.29, 0.717) is 28.8 Å². The van der Waals surface area contributed by atoms with Gasteiger partial charge in [0.15, 0.2) is 0 Å². The van der Waals surface area contributed by atoms with Gasteiger partial charge >= 0.3 is 0 Å². The van der Waals surface area contributed by atoms with E-state index in [-0.39, 0.29) is 11.9 Å². The lowest BCUT2D eigenvalue weighted by atomic mass is 10.1. The maximum atomic E-state index is 13.2. The average Bonchev–Trinajstić information content (AvgIpc) is 3.19. The Labute approximate surface area is 184 Å². The Kier molecular flexibility index (Phi) is 6.68. The van der Waals surface area contributed by atoms with E-state index in [2.05, 4.69) is 25.2 Å². The molecule has 1 unspecified atom stereocenters. The first kappa shape index (κ1) is 22.4. The minimum Gasteiger partial charge on any atom is -0.497 e. The fraction of sp³-hybridized carbons (Fsp3) is 0.360. The molecule has 3 rings (SSSR count). The van der Waals surface area contributed by atoms with E-state index in [0.717, 1.165) is 22.4 Å². The highest BCUT2D eigenvalue weighted by Gasteiger charge is 2.22. The molecule has 0 saturated carbocycles. The van der Waals surface area contributed by atoms with Gasteiger partial charge in [-0.05, 0) is 62.1 Å². The number of nitrogens with one attached hydrogen (secondary N) is 1. The van der Waals surface area contributed by atoms with Gasteiger partial charge in [0.05, 0.1) is 25.6 Å². The van der Waals surface area contributed by atoms with Gasteiger partial charge in [-0.3, -0.25) is 4.79 Å². The van der Waals surface area contributed by atoms with Crippen LogP contribution in [-0.2, 0) is 0 Å². The summed E-state index contributed by atoms with van der Waals surface area (Å²) in [4.78, 5) is 13.2. The molecular weight excluding hydrogens is 390 g/mol. The van der Waals surface area contributed by atoms with Crippen LogP contribution in [0.5, 0.6) is 11.5 Å². The van der Waals surface area contributed by atoms with Gasteiger partial charge in [0.25, 0.3) is 5.91 Å². The van der Waals surface area contributed by atoms with Gasteiger partial charge in [-0.2, -0.15) is 5.10 Å². The second-order valence-corrected chi connectivity index (χ2v) is 8.19. The maximum absolute atomic E-state index is 13.2. The number of carbonyl (C=O) groups excluding carboxylic acids is 1. The summed E-state index contributed by atoms with van der Waals surface area (Å²) in [5, 5.41) is 7.93. The van der Waals surface area contributed by atoms with Crippen LogP contribution in [0.1, 0.15) is 42.4 Å². The Morgan fingerprint density at radius 2 is 1.74 bits per heavy atom. The molecule has 1 heterocycles. The molecule has 0 spiro atoms. The van der Waals surface area contributed by atoms with Crippen molar-refractivity contribution in [3.05, 3.63) is 59.3 Å². The summed E-state index contributed by atoms with van der Waals surface area (Å²) in [5.74, 6) is 1.49. The van der Waals surface area contributed by atoms with Crippen LogP contribution in [0.4, 0.5) is 0 Å². The number of amides is 1. The smallest absolute Gasteiger partial charge is 0.270 e. The molecule has 1 amide bonds. The monoisotopic (exact) mass is 421 g/mol. The molecule has 3 aromatic rings.